The van der Waals surface area contributed by atoms with Gasteiger partial charge >= 0.3 is 5.97 Å². The average Bonchev–Trinajstić information content (AvgIpc) is 3.15. The van der Waals surface area contributed by atoms with E-state index >= 15 is 0 Å². The average molecular weight is 524 g/mol. The second kappa shape index (κ2) is 9.99. The van der Waals surface area contributed by atoms with Crippen LogP contribution in [0, 0.1) is 0 Å². The number of aliphatic carboxylic acids is 1. The smallest absolute Gasteiger partial charge is 0.352 e. The van der Waals surface area contributed by atoms with Crippen molar-refractivity contribution in [2.24, 2.45) is 5.16 Å². The van der Waals surface area contributed by atoms with Crippen LogP contribution in [0.4, 0.5) is 5.13 Å². The first-order valence-corrected chi connectivity index (χ1v) is 12.3. The van der Waals surface area contributed by atoms with Crippen molar-refractivity contribution in [1.82, 2.24) is 15.2 Å². The largest absolute Gasteiger partial charge is 0.477 e. The van der Waals surface area contributed by atoms with Crippen molar-refractivity contribution in [3.8, 4) is 0 Å². The highest BCUT2D eigenvalue weighted by Gasteiger charge is 2.54. The maximum absolute atomic E-state index is 13.0. The molecule has 2 atom stereocenters. The predicted molar refractivity (Wildman–Crippen MR) is 126 cm³/mol. The molecule has 4 heterocycles. The van der Waals surface area contributed by atoms with E-state index in [4.69, 9.17) is 22.2 Å². The summed E-state index contributed by atoms with van der Waals surface area (Å²) in [4.78, 5) is 48.2. The lowest BCUT2D eigenvalue weighted by molar-refractivity contribution is -0.689. The van der Waals surface area contributed by atoms with Crippen LogP contribution in [0.3, 0.4) is 0 Å². The van der Waals surface area contributed by atoms with Gasteiger partial charge in [-0.3, -0.25) is 14.5 Å². The lowest BCUT2D eigenvalue weighted by atomic mass is 10.0. The molecule has 2 aliphatic rings. The van der Waals surface area contributed by atoms with Crippen LogP contribution in [0.25, 0.3) is 0 Å². The van der Waals surface area contributed by atoms with Gasteiger partial charge in [-0.1, -0.05) is 34.2 Å². The Morgan fingerprint density at radius 2 is 2.15 bits per heavy atom. The van der Waals surface area contributed by atoms with Gasteiger partial charge in [-0.25, -0.2) is 14.3 Å². The van der Waals surface area contributed by atoms with Crippen LogP contribution in [0.1, 0.15) is 12.6 Å². The summed E-state index contributed by atoms with van der Waals surface area (Å²) in [5, 5.41) is 15.8. The van der Waals surface area contributed by atoms with Crippen LogP contribution in [0.15, 0.2) is 47.0 Å². The number of aromatic nitrogens is 2. The summed E-state index contributed by atoms with van der Waals surface area (Å²) in [6.07, 6.45) is 3.64. The Bertz CT molecular complexity index is 1200. The number of oxime groups is 1. The molecule has 11 nitrogen and oxygen atoms in total. The summed E-state index contributed by atoms with van der Waals surface area (Å²) in [7, 11) is 0. The fourth-order valence-electron chi connectivity index (χ4n) is 3.56. The molecular formula is C20H20ClN6O5S2+. The van der Waals surface area contributed by atoms with Crippen molar-refractivity contribution in [1.29, 1.82) is 0 Å². The molecule has 1 fully saturated rings. The van der Waals surface area contributed by atoms with Gasteiger partial charge in [0, 0.05) is 23.5 Å². The van der Waals surface area contributed by atoms with E-state index in [2.05, 4.69) is 15.5 Å². The molecule has 0 saturated carbocycles. The lowest BCUT2D eigenvalue weighted by Gasteiger charge is -2.49. The maximum Gasteiger partial charge on any atom is 0.352 e. The number of thiazole rings is 1. The number of nitrogens with two attached hydrogens (primary N) is 1. The van der Waals surface area contributed by atoms with E-state index in [0.29, 0.717) is 17.9 Å². The summed E-state index contributed by atoms with van der Waals surface area (Å²) in [5.41, 5.74) is 6.04. The van der Waals surface area contributed by atoms with Gasteiger partial charge in [0.05, 0.1) is 0 Å². The fraction of sp³-hybridized carbons (Fsp3) is 0.300. The second-order valence-corrected chi connectivity index (χ2v) is 9.94. The number of carboxylic acid groups (broad SMARTS) is 1. The quantitative estimate of drug-likeness (QED) is 0.199. The molecule has 1 unspecified atom stereocenters. The van der Waals surface area contributed by atoms with Crippen LogP contribution >= 0.6 is 34.7 Å². The number of β-lactam (4-membered cyclic amide) rings is 1. The Labute approximate surface area is 207 Å². The van der Waals surface area contributed by atoms with Gasteiger partial charge in [0.15, 0.2) is 29.8 Å². The van der Waals surface area contributed by atoms with Crippen molar-refractivity contribution in [3.63, 3.8) is 0 Å². The zero-order valence-electron chi connectivity index (χ0n) is 17.8. The minimum Gasteiger partial charge on any atom is -0.477 e. The molecule has 1 saturated heterocycles. The van der Waals surface area contributed by atoms with E-state index < -0.39 is 29.2 Å². The zero-order chi connectivity index (χ0) is 24.4. The number of carboxylic acids is 1. The van der Waals surface area contributed by atoms with Gasteiger partial charge in [0.1, 0.15) is 33.7 Å². The van der Waals surface area contributed by atoms with Gasteiger partial charge in [-0.05, 0) is 6.92 Å². The molecule has 4 rings (SSSR count). The Morgan fingerprint density at radius 1 is 1.41 bits per heavy atom. The second-order valence-electron chi connectivity index (χ2n) is 7.20. The molecule has 4 N–H and O–H groups in total. The summed E-state index contributed by atoms with van der Waals surface area (Å²) < 4.78 is 1.99. The maximum atomic E-state index is 13.0. The molecule has 178 valence electrons. The van der Waals surface area contributed by atoms with Gasteiger partial charge in [-0.2, -0.15) is 0 Å². The highest BCUT2D eigenvalue weighted by molar-refractivity contribution is 8.00. The molecule has 34 heavy (non-hydrogen) atoms. The van der Waals surface area contributed by atoms with Crippen LogP contribution < -0.4 is 15.6 Å². The van der Waals surface area contributed by atoms with E-state index in [1.54, 1.807) is 6.92 Å². The SMILES string of the molecule is CCON=C(C(=O)NC1C(=O)N2C(C(=O)O)=C(C[n+]3ccccc3)CS[C@H]12)c1nc(N)sc1Cl. The van der Waals surface area contributed by atoms with E-state index in [-0.39, 0.29) is 33.2 Å². The molecule has 0 aromatic carbocycles. The van der Waals surface area contributed by atoms with Gasteiger partial charge < -0.3 is 21.0 Å². The third-order valence-electron chi connectivity index (χ3n) is 5.01. The summed E-state index contributed by atoms with van der Waals surface area (Å²) in [5.74, 6) is -2.07. The number of hydrogen-bond acceptors (Lipinski definition) is 9. The third kappa shape index (κ3) is 4.58. The number of nitrogen functional groups attached to an aromatic ring is 1. The molecule has 0 spiro atoms. The summed E-state index contributed by atoms with van der Waals surface area (Å²) >= 11 is 8.48. The fourth-order valence-corrected chi connectivity index (χ4v) is 5.82. The first kappa shape index (κ1) is 24.0. The summed E-state index contributed by atoms with van der Waals surface area (Å²) in [6, 6.07) is 4.59. The standard InChI is InChI=1S/C20H19ClN6O5S2/c1-2-32-25-12(11-15(21)34-20(22)24-11)16(28)23-13-17(29)27-14(19(30)31)10(9-33-18(13)27)8-26-6-4-3-5-7-26/h3-7,13,18H,2,8-9H2,1H3,(H3-,22,23,24,28,30,31)/p+1/t13?,18-/m1/s1. The van der Waals surface area contributed by atoms with E-state index in [1.807, 2.05) is 35.2 Å². The van der Waals surface area contributed by atoms with Crippen LogP contribution in [0.2, 0.25) is 4.34 Å². The zero-order valence-corrected chi connectivity index (χ0v) is 20.2. The van der Waals surface area contributed by atoms with Crippen LogP contribution in [0.5, 0.6) is 0 Å². The Hall–Kier alpha value is -3.16. The van der Waals surface area contributed by atoms with Crippen LogP contribution in [-0.2, 0) is 25.8 Å². The van der Waals surface area contributed by atoms with E-state index in [0.717, 1.165) is 11.3 Å². The number of rotatable bonds is 8. The first-order valence-electron chi connectivity index (χ1n) is 10.1. The molecule has 2 aromatic rings. The van der Waals surface area contributed by atoms with Gasteiger partial charge in [0.2, 0.25) is 0 Å². The normalized spacial score (nSPS) is 20.0. The molecule has 0 aliphatic carbocycles. The highest BCUT2D eigenvalue weighted by Crippen LogP contribution is 2.40. The molecule has 2 aromatic heterocycles. The molecule has 2 aliphatic heterocycles. The Morgan fingerprint density at radius 3 is 2.76 bits per heavy atom. The van der Waals surface area contributed by atoms with Gasteiger partial charge in [-0.15, -0.1) is 11.8 Å². The summed E-state index contributed by atoms with van der Waals surface area (Å²) in [6.45, 7) is 2.21. The molecule has 14 heteroatoms. The highest BCUT2D eigenvalue weighted by atomic mass is 35.5. The first-order chi connectivity index (χ1) is 16.3. The van der Waals surface area contributed by atoms with Gasteiger partial charge in [0.25, 0.3) is 11.8 Å². The topological polar surface area (TPSA) is 151 Å². The van der Waals surface area contributed by atoms with E-state index in [9.17, 15) is 19.5 Å². The van der Waals surface area contributed by atoms with Crippen molar-refractivity contribution < 1.29 is 28.9 Å². The Balaban J connectivity index is 1.55. The number of nitrogens with one attached hydrogen (secondary N) is 1. The number of halogens is 1. The number of hydrogen-bond donors (Lipinski definition) is 3. The molecular weight excluding hydrogens is 504 g/mol. The minimum absolute atomic E-state index is 0.0448. The van der Waals surface area contributed by atoms with Crippen molar-refractivity contribution in [2.75, 3.05) is 18.1 Å². The minimum atomic E-state index is -1.20. The molecule has 2 amide bonds. The number of nitrogens with zero attached hydrogens (tertiary/aromatic N) is 4. The molecule has 0 bridgehead atoms. The van der Waals surface area contributed by atoms with Crippen molar-refractivity contribution in [3.05, 3.63) is 51.9 Å². The molecule has 0 radical (unpaired) electrons. The number of fused-ring (bicyclic) bond motifs is 1. The number of thioether (sulfide) groups is 1. The predicted octanol–water partition coefficient (Wildman–Crippen LogP) is 0.846. The van der Waals surface area contributed by atoms with Crippen LogP contribution in [-0.4, -0.2) is 62.3 Å². The Kier molecular flexibility index (Phi) is 7.05. The van der Waals surface area contributed by atoms with Crippen molar-refractivity contribution in [2.45, 2.75) is 24.9 Å². The third-order valence-corrected chi connectivity index (χ3v) is 7.44. The lowest BCUT2D eigenvalue weighted by Crippen LogP contribution is -2.71. The number of pyridine rings is 1. The number of amides is 2. The number of carbonyl (C=O) groups excluding carboxylic acids is 2. The van der Waals surface area contributed by atoms with E-state index in [1.165, 1.54) is 16.7 Å². The monoisotopic (exact) mass is 523 g/mol. The van der Waals surface area contributed by atoms with Crippen molar-refractivity contribution >= 4 is 63.3 Å². The number of carbonyl (C=O) groups is 3. The number of anilines is 1.